The molecule has 0 aromatic heterocycles. The van der Waals surface area contributed by atoms with Gasteiger partial charge in [0.05, 0.1) is 0 Å². The summed E-state index contributed by atoms with van der Waals surface area (Å²) in [5.74, 6) is -0.236. The standard InChI is InChI=1S/C14H21BrFNO/c1-3-14(4-2,10-18)9-17-8-11-5-12(15)7-13(16)6-11/h5-7,17-18H,3-4,8-10H2,1-2H3. The SMILES string of the molecule is CCC(CC)(CO)CNCc1cc(F)cc(Br)c1. The average molecular weight is 318 g/mol. The lowest BCUT2D eigenvalue weighted by Gasteiger charge is -2.29. The number of hydrogen-bond donors (Lipinski definition) is 2. The molecule has 0 radical (unpaired) electrons. The van der Waals surface area contributed by atoms with Crippen LogP contribution >= 0.6 is 15.9 Å². The molecule has 1 aromatic rings. The fourth-order valence-corrected chi connectivity index (χ4v) is 2.48. The van der Waals surface area contributed by atoms with E-state index >= 15 is 0 Å². The summed E-state index contributed by atoms with van der Waals surface area (Å²) in [7, 11) is 0. The van der Waals surface area contributed by atoms with Gasteiger partial charge in [0, 0.05) is 29.6 Å². The van der Waals surface area contributed by atoms with Crippen LogP contribution in [0.4, 0.5) is 4.39 Å². The molecule has 0 heterocycles. The fourth-order valence-electron chi connectivity index (χ4n) is 1.96. The van der Waals surface area contributed by atoms with E-state index in [9.17, 15) is 9.50 Å². The minimum atomic E-state index is -0.236. The summed E-state index contributed by atoms with van der Waals surface area (Å²) in [6.07, 6.45) is 1.86. The number of aliphatic hydroxyl groups is 1. The first-order valence-corrected chi connectivity index (χ1v) is 7.11. The summed E-state index contributed by atoms with van der Waals surface area (Å²) in [5.41, 5.74) is 0.839. The normalized spacial score (nSPS) is 11.8. The molecule has 0 spiro atoms. The van der Waals surface area contributed by atoms with Crippen LogP contribution in [0.3, 0.4) is 0 Å². The van der Waals surface area contributed by atoms with Crippen molar-refractivity contribution in [3.05, 3.63) is 34.1 Å². The lowest BCUT2D eigenvalue weighted by Crippen LogP contribution is -2.36. The van der Waals surface area contributed by atoms with Crippen LogP contribution in [-0.2, 0) is 6.54 Å². The topological polar surface area (TPSA) is 32.3 Å². The van der Waals surface area contributed by atoms with E-state index in [1.807, 2.05) is 6.07 Å². The van der Waals surface area contributed by atoms with E-state index in [4.69, 9.17) is 0 Å². The summed E-state index contributed by atoms with van der Waals surface area (Å²) in [6, 6.07) is 4.87. The molecule has 1 rings (SSSR count). The zero-order valence-corrected chi connectivity index (χ0v) is 12.6. The molecule has 2 nitrogen and oxygen atoms in total. The van der Waals surface area contributed by atoms with E-state index in [1.54, 1.807) is 0 Å². The van der Waals surface area contributed by atoms with Crippen molar-refractivity contribution in [2.24, 2.45) is 5.41 Å². The van der Waals surface area contributed by atoms with Crippen LogP contribution in [0, 0.1) is 11.2 Å². The maximum Gasteiger partial charge on any atom is 0.124 e. The van der Waals surface area contributed by atoms with Crippen LogP contribution in [0.25, 0.3) is 0 Å². The van der Waals surface area contributed by atoms with Crippen LogP contribution in [-0.4, -0.2) is 18.3 Å². The highest BCUT2D eigenvalue weighted by molar-refractivity contribution is 9.10. The fraction of sp³-hybridized carbons (Fsp3) is 0.571. The lowest BCUT2D eigenvalue weighted by atomic mass is 9.83. The van der Waals surface area contributed by atoms with Gasteiger partial charge in [-0.1, -0.05) is 29.8 Å². The number of hydrogen-bond acceptors (Lipinski definition) is 2. The van der Waals surface area contributed by atoms with Crippen molar-refractivity contribution < 1.29 is 9.50 Å². The van der Waals surface area contributed by atoms with E-state index in [1.165, 1.54) is 12.1 Å². The Kier molecular flexibility index (Phi) is 6.26. The average Bonchev–Trinajstić information content (AvgIpc) is 2.34. The summed E-state index contributed by atoms with van der Waals surface area (Å²) >= 11 is 3.28. The molecule has 0 saturated carbocycles. The second-order valence-corrected chi connectivity index (χ2v) is 5.66. The molecule has 0 aliphatic carbocycles. The van der Waals surface area contributed by atoms with Crippen LogP contribution in [0.15, 0.2) is 22.7 Å². The van der Waals surface area contributed by atoms with Crippen LogP contribution in [0.1, 0.15) is 32.3 Å². The predicted molar refractivity (Wildman–Crippen MR) is 75.9 cm³/mol. The predicted octanol–water partition coefficient (Wildman–Crippen LogP) is 3.48. The van der Waals surface area contributed by atoms with E-state index < -0.39 is 0 Å². The van der Waals surface area contributed by atoms with E-state index in [0.29, 0.717) is 6.54 Å². The Bertz CT molecular complexity index is 352. The summed E-state index contributed by atoms with van der Waals surface area (Å²) in [5, 5.41) is 12.8. The first kappa shape index (κ1) is 15.6. The zero-order chi connectivity index (χ0) is 13.6. The summed E-state index contributed by atoms with van der Waals surface area (Å²) in [4.78, 5) is 0. The quantitative estimate of drug-likeness (QED) is 0.807. The van der Waals surface area contributed by atoms with Gasteiger partial charge in [0.1, 0.15) is 5.82 Å². The Labute approximate surface area is 117 Å². The van der Waals surface area contributed by atoms with E-state index in [2.05, 4.69) is 35.1 Å². The van der Waals surface area contributed by atoms with Gasteiger partial charge >= 0.3 is 0 Å². The summed E-state index contributed by atoms with van der Waals surface area (Å²) < 4.78 is 13.9. The minimum absolute atomic E-state index is 0.0649. The van der Waals surface area contributed by atoms with Gasteiger partial charge in [-0.2, -0.15) is 0 Å². The third-order valence-corrected chi connectivity index (χ3v) is 4.04. The molecular formula is C14H21BrFNO. The van der Waals surface area contributed by atoms with Gasteiger partial charge in [-0.15, -0.1) is 0 Å². The smallest absolute Gasteiger partial charge is 0.124 e. The molecule has 0 saturated heterocycles. The molecule has 18 heavy (non-hydrogen) atoms. The van der Waals surface area contributed by atoms with Gasteiger partial charge < -0.3 is 10.4 Å². The number of benzene rings is 1. The molecule has 102 valence electrons. The number of rotatable bonds is 7. The highest BCUT2D eigenvalue weighted by Crippen LogP contribution is 2.24. The van der Waals surface area contributed by atoms with Crippen molar-refractivity contribution in [1.82, 2.24) is 5.32 Å². The molecular weight excluding hydrogens is 297 g/mol. The Morgan fingerprint density at radius 2 is 1.94 bits per heavy atom. The van der Waals surface area contributed by atoms with Crippen molar-refractivity contribution in [2.45, 2.75) is 33.2 Å². The number of halogens is 2. The molecule has 0 amide bonds. The van der Waals surface area contributed by atoms with Crippen LogP contribution < -0.4 is 5.32 Å². The molecule has 0 atom stereocenters. The molecule has 2 N–H and O–H groups in total. The van der Waals surface area contributed by atoms with Crippen LogP contribution in [0.5, 0.6) is 0 Å². The number of nitrogens with one attached hydrogen (secondary N) is 1. The maximum atomic E-state index is 13.2. The van der Waals surface area contributed by atoms with Gasteiger partial charge in [0.15, 0.2) is 0 Å². The van der Waals surface area contributed by atoms with Gasteiger partial charge in [-0.05, 0) is 36.6 Å². The van der Waals surface area contributed by atoms with E-state index in [-0.39, 0.29) is 17.8 Å². The van der Waals surface area contributed by atoms with Crippen LogP contribution in [0.2, 0.25) is 0 Å². The number of aliphatic hydroxyl groups excluding tert-OH is 1. The van der Waals surface area contributed by atoms with Crippen molar-refractivity contribution in [1.29, 1.82) is 0 Å². The molecule has 0 unspecified atom stereocenters. The van der Waals surface area contributed by atoms with E-state index in [0.717, 1.165) is 29.4 Å². The third-order valence-electron chi connectivity index (χ3n) is 3.59. The van der Waals surface area contributed by atoms with Gasteiger partial charge in [-0.25, -0.2) is 4.39 Å². The maximum absolute atomic E-state index is 13.2. The Morgan fingerprint density at radius 1 is 1.28 bits per heavy atom. The largest absolute Gasteiger partial charge is 0.396 e. The molecule has 0 fully saturated rings. The zero-order valence-electron chi connectivity index (χ0n) is 11.0. The van der Waals surface area contributed by atoms with Gasteiger partial charge in [0.25, 0.3) is 0 Å². The van der Waals surface area contributed by atoms with Crippen molar-refractivity contribution in [2.75, 3.05) is 13.2 Å². The second-order valence-electron chi connectivity index (χ2n) is 4.75. The molecule has 0 bridgehead atoms. The third kappa shape index (κ3) is 4.34. The molecule has 1 aromatic carbocycles. The molecule has 4 heteroatoms. The minimum Gasteiger partial charge on any atom is -0.396 e. The second kappa shape index (κ2) is 7.22. The Balaban J connectivity index is 2.55. The van der Waals surface area contributed by atoms with Gasteiger partial charge in [-0.3, -0.25) is 0 Å². The summed E-state index contributed by atoms with van der Waals surface area (Å²) in [6.45, 7) is 5.70. The van der Waals surface area contributed by atoms with Crippen molar-refractivity contribution in [3.63, 3.8) is 0 Å². The monoisotopic (exact) mass is 317 g/mol. The molecule has 0 aliphatic heterocycles. The lowest BCUT2D eigenvalue weighted by molar-refractivity contribution is 0.113. The Morgan fingerprint density at radius 3 is 2.44 bits per heavy atom. The first-order valence-electron chi connectivity index (χ1n) is 6.32. The highest BCUT2D eigenvalue weighted by atomic mass is 79.9. The highest BCUT2D eigenvalue weighted by Gasteiger charge is 2.24. The molecule has 0 aliphatic rings. The van der Waals surface area contributed by atoms with Crippen molar-refractivity contribution >= 4 is 15.9 Å². The van der Waals surface area contributed by atoms with Gasteiger partial charge in [0.2, 0.25) is 0 Å². The Hall–Kier alpha value is -0.450. The van der Waals surface area contributed by atoms with Crippen molar-refractivity contribution in [3.8, 4) is 0 Å². The first-order chi connectivity index (χ1) is 8.55.